The zero-order valence-corrected chi connectivity index (χ0v) is 15.8. The van der Waals surface area contributed by atoms with Crippen LogP contribution in [0.3, 0.4) is 0 Å². The molecule has 3 aromatic carbocycles. The minimum atomic E-state index is -0.776. The van der Waals surface area contributed by atoms with Gasteiger partial charge in [-0.15, -0.1) is 5.56 Å². The Balaban J connectivity index is 0.00000243. The summed E-state index contributed by atoms with van der Waals surface area (Å²) in [6.07, 6.45) is 0. The van der Waals surface area contributed by atoms with E-state index in [-0.39, 0.29) is 29.9 Å². The summed E-state index contributed by atoms with van der Waals surface area (Å²) in [7, 11) is 0. The Labute approximate surface area is 167 Å². The van der Waals surface area contributed by atoms with Crippen LogP contribution >= 0.6 is 11.8 Å². The van der Waals surface area contributed by atoms with Crippen LogP contribution in [0.25, 0.3) is 11.1 Å². The van der Waals surface area contributed by atoms with Crippen molar-refractivity contribution in [3.05, 3.63) is 89.5 Å². The fourth-order valence-corrected chi connectivity index (χ4v) is 2.67. The van der Waals surface area contributed by atoms with E-state index in [1.165, 1.54) is 0 Å². The third-order valence-electron chi connectivity index (χ3n) is 3.45. The van der Waals surface area contributed by atoms with E-state index in [1.807, 2.05) is 36.4 Å². The molecule has 0 bridgehead atoms. The molecule has 0 amide bonds. The van der Waals surface area contributed by atoms with Crippen molar-refractivity contribution in [1.82, 2.24) is 0 Å². The molecule has 3 rings (SSSR count). The van der Waals surface area contributed by atoms with Crippen LogP contribution in [-0.4, -0.2) is 0 Å². The number of thiocyanates is 1. The molecule has 0 N–H and O–H groups in total. The molecule has 1 radical (unpaired) electrons. The Morgan fingerprint density at radius 3 is 2.00 bits per heavy atom. The fraction of sp³-hybridized carbons (Fsp3) is 0. The quantitative estimate of drug-likeness (QED) is 0.173. The summed E-state index contributed by atoms with van der Waals surface area (Å²) >= 11 is 0.701. The monoisotopic (exact) mass is 448 g/mol. The molecule has 0 aliphatic carbocycles. The number of hydrogen-bond donors (Lipinski definition) is 0. The van der Waals surface area contributed by atoms with Gasteiger partial charge in [0.2, 0.25) is 0 Å². The van der Waals surface area contributed by atoms with Gasteiger partial charge in [-0.1, -0.05) is 24.0 Å². The molecule has 0 aliphatic rings. The van der Waals surface area contributed by atoms with Crippen LogP contribution in [-0.2, 0) is 19.5 Å². The minimum absolute atomic E-state index is 0. The third-order valence-corrected chi connectivity index (χ3v) is 4.01. The third kappa shape index (κ3) is 4.80. The molecule has 127 valence electrons. The SMILES string of the molecule is N#CSc1cc(F)c(C#Cc2ccc(-c3cc[c-]cc3)cc2)c(F)c1.[Ru+]. The van der Waals surface area contributed by atoms with E-state index in [1.54, 1.807) is 17.5 Å². The Morgan fingerprint density at radius 2 is 1.42 bits per heavy atom. The van der Waals surface area contributed by atoms with Gasteiger partial charge in [-0.3, -0.25) is 0 Å². The number of rotatable bonds is 2. The average Bonchev–Trinajstić information content (AvgIpc) is 2.62. The summed E-state index contributed by atoms with van der Waals surface area (Å²) in [5.41, 5.74) is 2.43. The minimum Gasteiger partial charge on any atom is -0.205 e. The number of thioether (sulfide) groups is 1. The van der Waals surface area contributed by atoms with E-state index in [0.717, 1.165) is 23.3 Å². The van der Waals surface area contributed by atoms with Crippen molar-refractivity contribution in [3.8, 4) is 28.4 Å². The van der Waals surface area contributed by atoms with Gasteiger partial charge < -0.3 is 0 Å². The molecule has 26 heavy (non-hydrogen) atoms. The van der Waals surface area contributed by atoms with Crippen molar-refractivity contribution < 1.29 is 28.3 Å². The molecule has 0 heterocycles. The average molecular weight is 447 g/mol. The summed E-state index contributed by atoms with van der Waals surface area (Å²) in [5.74, 6) is 3.74. The second kappa shape index (κ2) is 9.30. The molecular weight excluding hydrogens is 437 g/mol. The zero-order valence-electron chi connectivity index (χ0n) is 13.2. The van der Waals surface area contributed by atoms with E-state index < -0.39 is 11.6 Å². The predicted octanol–water partition coefficient (Wildman–Crippen LogP) is 5.40. The first-order valence-electron chi connectivity index (χ1n) is 7.31. The molecule has 0 unspecified atom stereocenters. The Hall–Kier alpha value is -2.46. The molecule has 0 atom stereocenters. The maximum Gasteiger partial charge on any atom is 1.00 e. The molecule has 0 spiro atoms. The second-order valence-corrected chi connectivity index (χ2v) is 5.93. The Kier molecular flexibility index (Phi) is 7.10. The van der Waals surface area contributed by atoms with E-state index >= 15 is 0 Å². The molecule has 0 saturated heterocycles. The summed E-state index contributed by atoms with van der Waals surface area (Å²) in [5, 5.41) is 10.3. The first kappa shape index (κ1) is 19.9. The van der Waals surface area contributed by atoms with Crippen LogP contribution in [0.15, 0.2) is 65.6 Å². The normalized spacial score (nSPS) is 9.42. The maximum absolute atomic E-state index is 14.0. The maximum atomic E-state index is 14.0. The van der Waals surface area contributed by atoms with Gasteiger partial charge in [-0.05, 0) is 41.6 Å². The number of nitrogens with zero attached hydrogens (tertiary/aromatic N) is 1. The van der Waals surface area contributed by atoms with Crippen molar-refractivity contribution in [2.45, 2.75) is 4.90 Å². The Morgan fingerprint density at radius 1 is 0.846 bits per heavy atom. The van der Waals surface area contributed by atoms with Crippen molar-refractivity contribution in [2.24, 2.45) is 0 Å². The van der Waals surface area contributed by atoms with Gasteiger partial charge >= 0.3 is 19.5 Å². The molecule has 5 heteroatoms. The van der Waals surface area contributed by atoms with Crippen molar-refractivity contribution in [3.63, 3.8) is 0 Å². The van der Waals surface area contributed by atoms with Crippen LogP contribution < -0.4 is 0 Å². The predicted molar refractivity (Wildman–Crippen MR) is 94.5 cm³/mol. The summed E-state index contributed by atoms with van der Waals surface area (Å²) in [6.45, 7) is 0. The largest absolute Gasteiger partial charge is 1.00 e. The standard InChI is InChI=1S/C21H10F2NS.Ru/c22-20-12-18(25-14-24)13-21(23)19(20)11-8-15-6-9-17(10-7-15)16-4-2-1-3-5-16;/h2-7,9-10,12-13H;/q-1;+1. The number of hydrogen-bond acceptors (Lipinski definition) is 2. The topological polar surface area (TPSA) is 23.8 Å². The zero-order chi connectivity index (χ0) is 17.6. The van der Waals surface area contributed by atoms with Gasteiger partial charge in [0.1, 0.15) is 17.0 Å². The number of halogens is 2. The first-order chi connectivity index (χ1) is 12.2. The second-order valence-electron chi connectivity index (χ2n) is 5.07. The summed E-state index contributed by atoms with van der Waals surface area (Å²) in [4.78, 5) is 0.215. The van der Waals surface area contributed by atoms with E-state index in [9.17, 15) is 8.78 Å². The van der Waals surface area contributed by atoms with Gasteiger partial charge in [0.25, 0.3) is 0 Å². The van der Waals surface area contributed by atoms with Gasteiger partial charge in [-0.2, -0.15) is 35.6 Å². The van der Waals surface area contributed by atoms with Crippen molar-refractivity contribution in [1.29, 1.82) is 5.26 Å². The number of nitriles is 1. The van der Waals surface area contributed by atoms with E-state index in [4.69, 9.17) is 5.26 Å². The van der Waals surface area contributed by atoms with Crippen LogP contribution in [0, 0.1) is 40.2 Å². The van der Waals surface area contributed by atoms with Gasteiger partial charge in [-0.25, -0.2) is 8.78 Å². The molecular formula is C21H10F2NRuS. The van der Waals surface area contributed by atoms with E-state index in [2.05, 4.69) is 17.9 Å². The molecule has 3 aromatic rings. The van der Waals surface area contributed by atoms with Gasteiger partial charge in [0, 0.05) is 10.5 Å². The fourth-order valence-electron chi connectivity index (χ4n) is 2.24. The molecule has 0 aliphatic heterocycles. The molecule has 1 nitrogen and oxygen atoms in total. The van der Waals surface area contributed by atoms with Crippen LogP contribution in [0.2, 0.25) is 0 Å². The molecule has 0 aromatic heterocycles. The van der Waals surface area contributed by atoms with Gasteiger partial charge in [0.15, 0.2) is 0 Å². The Bertz CT molecular complexity index is 977. The number of benzene rings is 3. The molecule has 0 saturated carbocycles. The summed E-state index contributed by atoms with van der Waals surface area (Å²) < 4.78 is 27.9. The van der Waals surface area contributed by atoms with Crippen LogP contribution in [0.1, 0.15) is 11.1 Å². The summed E-state index contributed by atoms with van der Waals surface area (Å²) in [6, 6.07) is 20.2. The van der Waals surface area contributed by atoms with Crippen LogP contribution in [0.5, 0.6) is 0 Å². The smallest absolute Gasteiger partial charge is 0.205 e. The van der Waals surface area contributed by atoms with Crippen molar-refractivity contribution in [2.75, 3.05) is 0 Å². The van der Waals surface area contributed by atoms with Crippen molar-refractivity contribution >= 4 is 11.8 Å². The molecule has 0 fully saturated rings. The van der Waals surface area contributed by atoms with E-state index in [0.29, 0.717) is 17.3 Å². The van der Waals surface area contributed by atoms with Crippen LogP contribution in [0.4, 0.5) is 8.78 Å². The van der Waals surface area contributed by atoms with Gasteiger partial charge in [0.05, 0.1) is 5.56 Å². The first-order valence-corrected chi connectivity index (χ1v) is 8.12.